The number of benzene rings is 1. The van der Waals surface area contributed by atoms with Crippen LogP contribution in [0.3, 0.4) is 0 Å². The topological polar surface area (TPSA) is 29.3 Å². The molecule has 0 aliphatic heterocycles. The summed E-state index contributed by atoms with van der Waals surface area (Å²) in [6.45, 7) is 4.79. The average molecular weight is 315 g/mol. The van der Waals surface area contributed by atoms with Gasteiger partial charge in [-0.2, -0.15) is 0 Å². The van der Waals surface area contributed by atoms with Crippen molar-refractivity contribution >= 4 is 15.9 Å². The zero-order chi connectivity index (χ0) is 13.1. The molecule has 0 aromatic heterocycles. The number of nitrogens with zero attached hydrogens (tertiary/aromatic N) is 1. The monoisotopic (exact) mass is 314 g/mol. The molecule has 2 N–H and O–H groups in total. The van der Waals surface area contributed by atoms with Crippen molar-refractivity contribution in [3.05, 3.63) is 34.1 Å². The second kappa shape index (κ2) is 6.13. The second-order valence-corrected chi connectivity index (χ2v) is 5.80. The van der Waals surface area contributed by atoms with E-state index in [9.17, 15) is 4.39 Å². The summed E-state index contributed by atoms with van der Waals surface area (Å²) in [5.41, 5.74) is 7.01. The quantitative estimate of drug-likeness (QED) is 0.872. The summed E-state index contributed by atoms with van der Waals surface area (Å²) in [5.74, 6) is 0.616. The summed E-state index contributed by atoms with van der Waals surface area (Å²) in [4.78, 5) is 2.40. The fourth-order valence-corrected chi connectivity index (χ4v) is 2.97. The normalized spacial score (nSPS) is 17.2. The zero-order valence-corrected chi connectivity index (χ0v) is 12.3. The zero-order valence-electron chi connectivity index (χ0n) is 10.7. The minimum Gasteiger partial charge on any atom is -0.329 e. The number of hydrogen-bond donors (Lipinski definition) is 1. The van der Waals surface area contributed by atoms with Gasteiger partial charge in [0.05, 0.1) is 0 Å². The summed E-state index contributed by atoms with van der Waals surface area (Å²) < 4.78 is 14.0. The summed E-state index contributed by atoms with van der Waals surface area (Å²) in [6, 6.07) is 5.04. The Bertz CT molecular complexity index is 407. The summed E-state index contributed by atoms with van der Waals surface area (Å²) >= 11 is 3.45. The molecule has 0 spiro atoms. The molecule has 1 aromatic rings. The number of nitrogens with two attached hydrogens (primary N) is 1. The van der Waals surface area contributed by atoms with Gasteiger partial charge in [0, 0.05) is 23.6 Å². The first-order valence-corrected chi connectivity index (χ1v) is 7.34. The van der Waals surface area contributed by atoms with Crippen molar-refractivity contribution in [2.75, 3.05) is 19.6 Å². The first-order valence-electron chi connectivity index (χ1n) is 6.54. The Labute approximate surface area is 116 Å². The molecule has 1 unspecified atom stereocenters. The van der Waals surface area contributed by atoms with Crippen molar-refractivity contribution in [2.24, 2.45) is 11.7 Å². The van der Waals surface area contributed by atoms with Crippen LogP contribution in [0.1, 0.15) is 31.4 Å². The van der Waals surface area contributed by atoms with Crippen LogP contribution in [-0.4, -0.2) is 24.5 Å². The van der Waals surface area contributed by atoms with Gasteiger partial charge in [0.2, 0.25) is 0 Å². The highest BCUT2D eigenvalue weighted by molar-refractivity contribution is 9.10. The number of likely N-dealkylation sites (N-methyl/N-ethyl adjacent to an activating group) is 1. The smallest absolute Gasteiger partial charge is 0.124 e. The van der Waals surface area contributed by atoms with Crippen molar-refractivity contribution < 1.29 is 4.39 Å². The number of hydrogen-bond acceptors (Lipinski definition) is 2. The Morgan fingerprint density at radius 2 is 2.22 bits per heavy atom. The molecule has 0 saturated heterocycles. The van der Waals surface area contributed by atoms with Crippen LogP contribution in [0.15, 0.2) is 22.7 Å². The fraction of sp³-hybridized carbons (Fsp3) is 0.571. The summed E-state index contributed by atoms with van der Waals surface area (Å²) in [7, 11) is 0. The van der Waals surface area contributed by atoms with Gasteiger partial charge in [-0.15, -0.1) is 0 Å². The highest BCUT2D eigenvalue weighted by atomic mass is 79.9. The average Bonchev–Trinajstić information content (AvgIpc) is 3.15. The van der Waals surface area contributed by atoms with Gasteiger partial charge in [-0.1, -0.05) is 28.9 Å². The molecule has 1 aliphatic rings. The molecule has 0 amide bonds. The van der Waals surface area contributed by atoms with E-state index in [1.807, 2.05) is 6.07 Å². The van der Waals surface area contributed by atoms with E-state index in [1.165, 1.54) is 25.0 Å². The van der Waals surface area contributed by atoms with Crippen LogP contribution in [0.25, 0.3) is 0 Å². The van der Waals surface area contributed by atoms with Crippen molar-refractivity contribution in [1.82, 2.24) is 4.90 Å². The van der Waals surface area contributed by atoms with Gasteiger partial charge in [-0.3, -0.25) is 4.90 Å². The maximum atomic E-state index is 13.1. The van der Waals surface area contributed by atoms with Crippen LogP contribution in [0, 0.1) is 11.7 Å². The van der Waals surface area contributed by atoms with E-state index in [0.717, 1.165) is 29.0 Å². The van der Waals surface area contributed by atoms with Gasteiger partial charge in [-0.05, 0) is 43.0 Å². The van der Waals surface area contributed by atoms with Crippen LogP contribution >= 0.6 is 15.9 Å². The molecule has 2 nitrogen and oxygen atoms in total. The van der Waals surface area contributed by atoms with Gasteiger partial charge in [0.25, 0.3) is 0 Å². The lowest BCUT2D eigenvalue weighted by Gasteiger charge is -2.31. The van der Waals surface area contributed by atoms with Crippen molar-refractivity contribution in [3.8, 4) is 0 Å². The predicted molar refractivity (Wildman–Crippen MR) is 75.9 cm³/mol. The summed E-state index contributed by atoms with van der Waals surface area (Å²) in [6.07, 6.45) is 2.66. The third-order valence-electron chi connectivity index (χ3n) is 3.58. The molecule has 18 heavy (non-hydrogen) atoms. The van der Waals surface area contributed by atoms with Crippen molar-refractivity contribution in [2.45, 2.75) is 25.8 Å². The molecule has 0 heterocycles. The minimum atomic E-state index is -0.216. The first-order chi connectivity index (χ1) is 8.65. The maximum absolute atomic E-state index is 13.1. The molecule has 2 rings (SSSR count). The summed E-state index contributed by atoms with van der Waals surface area (Å²) in [5, 5.41) is 0. The lowest BCUT2D eigenvalue weighted by atomic mass is 10.0. The molecule has 1 saturated carbocycles. The Morgan fingerprint density at radius 3 is 2.72 bits per heavy atom. The van der Waals surface area contributed by atoms with Gasteiger partial charge >= 0.3 is 0 Å². The molecular formula is C14H20BrFN2. The second-order valence-electron chi connectivity index (χ2n) is 4.95. The Kier molecular flexibility index (Phi) is 4.76. The maximum Gasteiger partial charge on any atom is 0.124 e. The third kappa shape index (κ3) is 3.31. The van der Waals surface area contributed by atoms with E-state index in [0.29, 0.717) is 6.54 Å². The van der Waals surface area contributed by atoms with E-state index in [2.05, 4.69) is 27.8 Å². The van der Waals surface area contributed by atoms with E-state index in [-0.39, 0.29) is 11.9 Å². The number of rotatable bonds is 6. The van der Waals surface area contributed by atoms with E-state index in [1.54, 1.807) is 0 Å². The standard InChI is InChI=1S/C14H20BrFN2/c1-2-18(9-10-3-4-10)14(8-17)12-6-5-11(16)7-13(12)15/h5-7,10,14H,2-4,8-9,17H2,1H3. The van der Waals surface area contributed by atoms with Gasteiger partial charge in [0.15, 0.2) is 0 Å². The van der Waals surface area contributed by atoms with Crippen molar-refractivity contribution in [1.29, 1.82) is 0 Å². The highest BCUT2D eigenvalue weighted by Gasteiger charge is 2.28. The first kappa shape index (κ1) is 14.0. The molecule has 0 radical (unpaired) electrons. The van der Waals surface area contributed by atoms with E-state index < -0.39 is 0 Å². The molecule has 100 valence electrons. The fourth-order valence-electron chi connectivity index (χ4n) is 2.35. The Morgan fingerprint density at radius 1 is 1.50 bits per heavy atom. The van der Waals surface area contributed by atoms with Crippen molar-refractivity contribution in [3.63, 3.8) is 0 Å². The Hall–Kier alpha value is -0.450. The number of halogens is 2. The van der Waals surface area contributed by atoms with Crippen LogP contribution in [0.2, 0.25) is 0 Å². The van der Waals surface area contributed by atoms with Crippen LogP contribution in [-0.2, 0) is 0 Å². The molecule has 1 fully saturated rings. The van der Waals surface area contributed by atoms with Crippen LogP contribution in [0.5, 0.6) is 0 Å². The third-order valence-corrected chi connectivity index (χ3v) is 4.27. The minimum absolute atomic E-state index is 0.172. The van der Waals surface area contributed by atoms with Gasteiger partial charge < -0.3 is 5.73 Å². The lowest BCUT2D eigenvalue weighted by molar-refractivity contribution is 0.203. The molecule has 1 atom stereocenters. The van der Waals surface area contributed by atoms with E-state index in [4.69, 9.17) is 5.73 Å². The van der Waals surface area contributed by atoms with E-state index >= 15 is 0 Å². The predicted octanol–water partition coefficient (Wildman–Crippen LogP) is 3.32. The largest absolute Gasteiger partial charge is 0.329 e. The molecule has 1 aliphatic carbocycles. The lowest BCUT2D eigenvalue weighted by Crippen LogP contribution is -2.35. The van der Waals surface area contributed by atoms with Crippen LogP contribution < -0.4 is 5.73 Å². The van der Waals surface area contributed by atoms with Gasteiger partial charge in [0.1, 0.15) is 5.82 Å². The molecular weight excluding hydrogens is 295 g/mol. The molecule has 0 bridgehead atoms. The molecule has 4 heteroatoms. The van der Waals surface area contributed by atoms with Crippen LogP contribution in [0.4, 0.5) is 4.39 Å². The van der Waals surface area contributed by atoms with Gasteiger partial charge in [-0.25, -0.2) is 4.39 Å². The Balaban J connectivity index is 2.18. The highest BCUT2D eigenvalue weighted by Crippen LogP contribution is 2.34. The molecule has 1 aromatic carbocycles. The SMILES string of the molecule is CCN(CC1CC1)C(CN)c1ccc(F)cc1Br.